The van der Waals surface area contributed by atoms with E-state index in [4.69, 9.17) is 37.6 Å². The number of oxazole rings is 1. The fourth-order valence-electron chi connectivity index (χ4n) is 10.4. The smallest absolute Gasteiger partial charge is 0.311 e. The summed E-state index contributed by atoms with van der Waals surface area (Å²) in [5.41, 5.74) is -4.16. The first-order chi connectivity index (χ1) is 32.6. The van der Waals surface area contributed by atoms with Crippen LogP contribution in [0.25, 0.3) is 11.5 Å². The monoisotopic (exact) mass is 990 g/mol. The highest BCUT2D eigenvalue weighted by molar-refractivity contribution is 5.83. The highest BCUT2D eigenvalue weighted by Gasteiger charge is 2.54. The number of cyclic esters (lactones) is 1. The van der Waals surface area contributed by atoms with Crippen molar-refractivity contribution in [1.82, 2.24) is 15.2 Å². The lowest BCUT2D eigenvalue weighted by molar-refractivity contribution is -0.318. The second-order valence-electron chi connectivity index (χ2n) is 20.9. The average Bonchev–Trinajstić information content (AvgIpc) is 3.66. The molecule has 0 radical (unpaired) electrons. The number of carbonyl (C=O) groups is 4. The number of hydrogen-bond acceptors (Lipinski definition) is 18. The van der Waals surface area contributed by atoms with Crippen LogP contribution in [0, 0.1) is 30.6 Å². The van der Waals surface area contributed by atoms with Crippen LogP contribution in [0.2, 0.25) is 0 Å². The summed E-state index contributed by atoms with van der Waals surface area (Å²) in [6, 6.07) is 8.86. The molecule has 18 atom stereocenters. The van der Waals surface area contributed by atoms with Crippen LogP contribution < -0.4 is 5.32 Å². The molecule has 0 aliphatic carbocycles. The van der Waals surface area contributed by atoms with E-state index in [1.54, 1.807) is 41.5 Å². The van der Waals surface area contributed by atoms with Gasteiger partial charge in [0.1, 0.15) is 29.4 Å². The number of nitrogens with zero attached hydrogens (tertiary/aromatic N) is 2. The number of aliphatic hydroxyl groups is 4. The van der Waals surface area contributed by atoms with Crippen LogP contribution in [0.15, 0.2) is 34.7 Å². The molecule has 0 saturated carbocycles. The minimum Gasteiger partial charge on any atom is -0.459 e. The van der Waals surface area contributed by atoms with Gasteiger partial charge in [0.25, 0.3) is 0 Å². The van der Waals surface area contributed by atoms with Crippen molar-refractivity contribution in [3.63, 3.8) is 0 Å². The number of hydrogen-bond donors (Lipinski definition) is 5. The van der Waals surface area contributed by atoms with Gasteiger partial charge in [0.2, 0.25) is 11.8 Å². The highest BCUT2D eigenvalue weighted by atomic mass is 16.7. The SMILES string of the molecule is CO[C@]1(C)C[C@H](O[C@H]2[C@H](C)[C@@H](O[C@@H]3O[C@H](C)C[C@H](N(C)C)[C@H]3OC(C)=O)[C@](C)(O)C[C@@H](C)C(=O)[C@H](C)[C@@H](O)[C@](C)(O)[C@@H](CCNC(=O)Cc3nc(-c4ccccc4)oc3C)OC(=O)[C@@H]2C)O[C@@H](C)[C@@H]1O. The number of rotatable bonds is 13. The van der Waals surface area contributed by atoms with Crippen LogP contribution in [-0.4, -0.2) is 166 Å². The lowest BCUT2D eigenvalue weighted by atomic mass is 9.74. The molecule has 1 aromatic carbocycles. The van der Waals surface area contributed by atoms with Crippen molar-refractivity contribution in [3.8, 4) is 11.5 Å². The van der Waals surface area contributed by atoms with Crippen molar-refractivity contribution < 1.29 is 77.2 Å². The van der Waals surface area contributed by atoms with Gasteiger partial charge in [0.15, 0.2) is 18.7 Å². The summed E-state index contributed by atoms with van der Waals surface area (Å²) in [6.07, 6.45) is -11.5. The number of Topliss-reactive ketones (excluding diaryl/α,β-unsaturated/α-hetero) is 1. The van der Waals surface area contributed by atoms with E-state index in [0.717, 1.165) is 5.56 Å². The third kappa shape index (κ3) is 13.2. The van der Waals surface area contributed by atoms with Gasteiger partial charge in [-0.2, -0.15) is 0 Å². The van der Waals surface area contributed by atoms with E-state index in [1.165, 1.54) is 34.8 Å². The molecular formula is C51H79N3O16. The van der Waals surface area contributed by atoms with Crippen molar-refractivity contribution in [2.24, 2.45) is 23.7 Å². The second kappa shape index (κ2) is 23.3. The van der Waals surface area contributed by atoms with Crippen molar-refractivity contribution in [2.45, 2.75) is 193 Å². The van der Waals surface area contributed by atoms with Gasteiger partial charge in [0, 0.05) is 56.7 Å². The van der Waals surface area contributed by atoms with Crippen molar-refractivity contribution in [3.05, 3.63) is 41.8 Å². The van der Waals surface area contributed by atoms with E-state index in [2.05, 4.69) is 10.3 Å². The predicted molar refractivity (Wildman–Crippen MR) is 254 cm³/mol. The number of benzene rings is 1. The molecule has 19 nitrogen and oxygen atoms in total. The third-order valence-electron chi connectivity index (χ3n) is 14.7. The minimum atomic E-state index is -2.26. The quantitative estimate of drug-likeness (QED) is 0.180. The number of amides is 1. The number of methoxy groups -OCH3 is 1. The van der Waals surface area contributed by atoms with Crippen molar-refractivity contribution >= 4 is 23.6 Å². The van der Waals surface area contributed by atoms with E-state index in [9.17, 15) is 39.6 Å². The van der Waals surface area contributed by atoms with Gasteiger partial charge in [-0.05, 0) is 87.5 Å². The summed E-state index contributed by atoms with van der Waals surface area (Å²) in [6.45, 7) is 17.1. The number of aryl methyl sites for hydroxylation is 1. The van der Waals surface area contributed by atoms with E-state index in [1.807, 2.05) is 56.3 Å². The van der Waals surface area contributed by atoms with Crippen LogP contribution in [0.4, 0.5) is 0 Å². The molecule has 0 bridgehead atoms. The number of ether oxygens (including phenoxy) is 7. The number of aliphatic hydroxyl groups excluding tert-OH is 2. The van der Waals surface area contributed by atoms with Gasteiger partial charge in [0.05, 0.1) is 65.8 Å². The molecule has 70 heavy (non-hydrogen) atoms. The first kappa shape index (κ1) is 57.0. The first-order valence-corrected chi connectivity index (χ1v) is 24.5. The molecule has 0 unspecified atom stereocenters. The maximum absolute atomic E-state index is 14.8. The summed E-state index contributed by atoms with van der Waals surface area (Å²) < 4.78 is 49.8. The Morgan fingerprint density at radius 1 is 0.914 bits per heavy atom. The summed E-state index contributed by atoms with van der Waals surface area (Å²) in [5, 5.41) is 50.8. The Morgan fingerprint density at radius 3 is 2.19 bits per heavy atom. The fourth-order valence-corrected chi connectivity index (χ4v) is 10.4. The Kier molecular flexibility index (Phi) is 19.0. The molecule has 3 aliphatic heterocycles. The Labute approximate surface area is 412 Å². The summed E-state index contributed by atoms with van der Waals surface area (Å²) in [4.78, 5) is 61.5. The Hall–Kier alpha value is -3.89. The van der Waals surface area contributed by atoms with E-state index < -0.39 is 126 Å². The topological polar surface area (TPSA) is 255 Å². The van der Waals surface area contributed by atoms with E-state index in [0.29, 0.717) is 23.8 Å². The van der Waals surface area contributed by atoms with Gasteiger partial charge >= 0.3 is 11.9 Å². The number of likely N-dealkylation sites (N-methyl/N-ethyl adjacent to an activating group) is 1. The molecule has 3 aliphatic rings. The van der Waals surface area contributed by atoms with Gasteiger partial charge in [-0.15, -0.1) is 0 Å². The summed E-state index contributed by atoms with van der Waals surface area (Å²) in [7, 11) is 5.14. The Morgan fingerprint density at radius 2 is 1.57 bits per heavy atom. The molecular weight excluding hydrogens is 911 g/mol. The largest absolute Gasteiger partial charge is 0.459 e. The highest BCUT2D eigenvalue weighted by Crippen LogP contribution is 2.41. The predicted octanol–water partition coefficient (Wildman–Crippen LogP) is 3.66. The molecule has 5 N–H and O–H groups in total. The first-order valence-electron chi connectivity index (χ1n) is 24.5. The maximum atomic E-state index is 14.8. The number of carbonyl (C=O) groups excluding carboxylic acids is 4. The number of esters is 2. The normalized spacial score (nSPS) is 39.2. The molecule has 4 heterocycles. The molecule has 5 rings (SSSR count). The van der Waals surface area contributed by atoms with E-state index in [-0.39, 0.29) is 38.3 Å². The lowest BCUT2D eigenvalue weighted by Gasteiger charge is -2.49. The molecule has 3 fully saturated rings. The maximum Gasteiger partial charge on any atom is 0.311 e. The second-order valence-corrected chi connectivity index (χ2v) is 20.9. The zero-order chi connectivity index (χ0) is 52.2. The number of aromatic nitrogens is 1. The molecule has 2 aromatic rings. The van der Waals surface area contributed by atoms with Crippen molar-refractivity contribution in [1.29, 1.82) is 0 Å². The third-order valence-corrected chi connectivity index (χ3v) is 14.7. The molecule has 3 saturated heterocycles. The molecule has 1 amide bonds. The Balaban J connectivity index is 1.53. The van der Waals surface area contributed by atoms with Crippen LogP contribution in [0.3, 0.4) is 0 Å². The molecule has 394 valence electrons. The van der Waals surface area contributed by atoms with Gasteiger partial charge in [-0.3, -0.25) is 19.2 Å². The fraction of sp³-hybridized carbons (Fsp3) is 0.745. The summed E-state index contributed by atoms with van der Waals surface area (Å²) >= 11 is 0. The van der Waals surface area contributed by atoms with Gasteiger partial charge in [-0.1, -0.05) is 39.0 Å². The van der Waals surface area contributed by atoms with Crippen LogP contribution >= 0.6 is 0 Å². The van der Waals surface area contributed by atoms with Gasteiger partial charge < -0.3 is 68.2 Å². The Bertz CT molecular complexity index is 2080. The van der Waals surface area contributed by atoms with E-state index >= 15 is 0 Å². The minimum absolute atomic E-state index is 0.0122. The summed E-state index contributed by atoms with van der Waals surface area (Å²) in [5.74, 6) is -6.03. The zero-order valence-corrected chi connectivity index (χ0v) is 43.4. The molecule has 1 aromatic heterocycles. The molecule has 19 heteroatoms. The van der Waals surface area contributed by atoms with Crippen LogP contribution in [0.5, 0.6) is 0 Å². The average molecular weight is 990 g/mol. The number of ketones is 1. The standard InChI is InChI=1S/C51H79N3O16/c1-26-24-49(9,61)45(70-48-42(67-33(8)55)36(54(12)13)22-27(2)64-48)29(4)41(69-39-25-50(10,63-14)44(59)32(7)65-39)30(5)47(60)68-37(51(11,62)43(58)28(3)40(26)57)20-21-52-38(56)23-35-31(6)66-46(53-35)34-18-16-15-17-19-34/h15-19,26-30,32,36-37,39,41-45,48,58-59,61-62H,20-25H2,1-14H3,(H,52,56)/t26-,27-,28+,29+,30-,32+,36+,37-,39+,41+,42-,43-,44+,45-,48+,49-,50-,51-/m1/s1. The van der Waals surface area contributed by atoms with Gasteiger partial charge in [-0.25, -0.2) is 4.98 Å². The zero-order valence-electron chi connectivity index (χ0n) is 43.4. The number of nitrogens with one attached hydrogen (secondary N) is 1. The van der Waals surface area contributed by atoms with Crippen molar-refractivity contribution in [2.75, 3.05) is 27.7 Å². The van der Waals surface area contributed by atoms with Crippen LogP contribution in [-0.2, 0) is 58.8 Å². The molecule has 0 spiro atoms. The van der Waals surface area contributed by atoms with Crippen LogP contribution in [0.1, 0.15) is 106 Å². The lowest BCUT2D eigenvalue weighted by Crippen LogP contribution is -2.61.